The fourth-order valence-electron chi connectivity index (χ4n) is 2.48. The Balaban J connectivity index is 1.98. The lowest BCUT2D eigenvalue weighted by molar-refractivity contribution is -0.123. The number of hydrogen-bond donors (Lipinski definition) is 3. The summed E-state index contributed by atoms with van der Waals surface area (Å²) in [5.74, 6) is -4.05. The van der Waals surface area contributed by atoms with Gasteiger partial charge in [0.2, 0.25) is 11.8 Å². The molecule has 1 unspecified atom stereocenters. The van der Waals surface area contributed by atoms with Gasteiger partial charge in [-0.15, -0.1) is 0 Å². The van der Waals surface area contributed by atoms with Crippen molar-refractivity contribution in [2.45, 2.75) is 17.5 Å². The van der Waals surface area contributed by atoms with Crippen molar-refractivity contribution in [2.75, 3.05) is 16.9 Å². The second kappa shape index (κ2) is 6.63. The standard InChI is InChI=1S/C15H12F2N4O3S/c1-25-15-20-12-11(14(24)21-15)7(5-10(22)19-12)13(23)18-9-4-6(16)2-3-8(9)17/h2-4,7H,5H2,1H3,(H,18,23)(H2,19,20,21,22,24). The van der Waals surface area contributed by atoms with E-state index in [9.17, 15) is 23.2 Å². The number of anilines is 2. The molecule has 130 valence electrons. The molecule has 1 aliphatic rings. The van der Waals surface area contributed by atoms with Gasteiger partial charge in [-0.25, -0.2) is 13.8 Å². The third-order valence-corrected chi connectivity index (χ3v) is 4.21. The van der Waals surface area contributed by atoms with E-state index in [-0.39, 0.29) is 28.6 Å². The summed E-state index contributed by atoms with van der Waals surface area (Å²) in [6.07, 6.45) is 1.38. The Hall–Kier alpha value is -2.75. The van der Waals surface area contributed by atoms with Crippen LogP contribution in [0.1, 0.15) is 17.9 Å². The Morgan fingerprint density at radius 1 is 1.36 bits per heavy atom. The van der Waals surface area contributed by atoms with Crippen LogP contribution < -0.4 is 16.2 Å². The van der Waals surface area contributed by atoms with E-state index in [0.29, 0.717) is 0 Å². The first kappa shape index (κ1) is 17.1. The molecule has 1 aliphatic heterocycles. The first-order chi connectivity index (χ1) is 11.9. The maximum atomic E-state index is 13.7. The highest BCUT2D eigenvalue weighted by molar-refractivity contribution is 7.98. The molecule has 10 heteroatoms. The summed E-state index contributed by atoms with van der Waals surface area (Å²) < 4.78 is 26.9. The van der Waals surface area contributed by atoms with Crippen LogP contribution in [-0.2, 0) is 9.59 Å². The smallest absolute Gasteiger partial charge is 0.257 e. The second-order valence-corrected chi connectivity index (χ2v) is 6.05. The van der Waals surface area contributed by atoms with Gasteiger partial charge in [0, 0.05) is 12.5 Å². The number of thioether (sulfide) groups is 1. The normalized spacial score (nSPS) is 16.1. The van der Waals surface area contributed by atoms with Crippen molar-refractivity contribution in [2.24, 2.45) is 0 Å². The van der Waals surface area contributed by atoms with E-state index in [0.717, 1.165) is 30.0 Å². The van der Waals surface area contributed by atoms with Crippen LogP contribution in [-0.4, -0.2) is 28.0 Å². The van der Waals surface area contributed by atoms with Crippen molar-refractivity contribution in [3.63, 3.8) is 0 Å². The maximum Gasteiger partial charge on any atom is 0.257 e. The highest BCUT2D eigenvalue weighted by Crippen LogP contribution is 2.30. The van der Waals surface area contributed by atoms with Crippen molar-refractivity contribution >= 4 is 35.1 Å². The lowest BCUT2D eigenvalue weighted by atomic mass is 9.92. The molecule has 2 heterocycles. The number of rotatable bonds is 3. The molecule has 1 aromatic heterocycles. The third-order valence-electron chi connectivity index (χ3n) is 3.63. The van der Waals surface area contributed by atoms with Gasteiger partial charge >= 0.3 is 0 Å². The number of nitrogens with zero attached hydrogens (tertiary/aromatic N) is 1. The molecule has 0 bridgehead atoms. The highest BCUT2D eigenvalue weighted by atomic mass is 32.2. The zero-order valence-electron chi connectivity index (χ0n) is 12.9. The number of nitrogens with one attached hydrogen (secondary N) is 3. The number of carbonyl (C=O) groups excluding carboxylic acids is 2. The summed E-state index contributed by atoms with van der Waals surface area (Å²) in [5.41, 5.74) is -0.969. The van der Waals surface area contributed by atoms with Gasteiger partial charge in [0.15, 0.2) is 5.16 Å². The lowest BCUT2D eigenvalue weighted by Gasteiger charge is -2.23. The molecule has 2 aromatic rings. The Morgan fingerprint density at radius 3 is 2.84 bits per heavy atom. The van der Waals surface area contributed by atoms with E-state index in [4.69, 9.17) is 0 Å². The fourth-order valence-corrected chi connectivity index (χ4v) is 2.86. The van der Waals surface area contributed by atoms with Crippen molar-refractivity contribution in [1.82, 2.24) is 9.97 Å². The molecule has 0 fully saturated rings. The predicted octanol–water partition coefficient (Wildman–Crippen LogP) is 1.83. The number of carbonyl (C=O) groups is 2. The number of aromatic amines is 1. The second-order valence-electron chi connectivity index (χ2n) is 5.26. The molecular formula is C15H12F2N4O3S. The molecule has 0 aliphatic carbocycles. The topological polar surface area (TPSA) is 104 Å². The largest absolute Gasteiger partial charge is 0.323 e. The van der Waals surface area contributed by atoms with Crippen LogP contribution in [0.5, 0.6) is 0 Å². The van der Waals surface area contributed by atoms with Gasteiger partial charge in [-0.1, -0.05) is 11.8 Å². The minimum Gasteiger partial charge on any atom is -0.323 e. The number of H-pyrrole nitrogens is 1. The number of hydrogen-bond acceptors (Lipinski definition) is 5. The summed E-state index contributed by atoms with van der Waals surface area (Å²) in [5, 5.41) is 4.94. The summed E-state index contributed by atoms with van der Waals surface area (Å²) in [6, 6.07) is 2.59. The zero-order chi connectivity index (χ0) is 18.1. The van der Waals surface area contributed by atoms with Crippen LogP contribution in [0.15, 0.2) is 28.2 Å². The average Bonchev–Trinajstić information content (AvgIpc) is 2.56. The maximum absolute atomic E-state index is 13.7. The molecule has 1 atom stereocenters. The van der Waals surface area contributed by atoms with Gasteiger partial charge in [-0.3, -0.25) is 14.4 Å². The summed E-state index contributed by atoms with van der Waals surface area (Å²) in [7, 11) is 0. The van der Waals surface area contributed by atoms with E-state index in [1.165, 1.54) is 0 Å². The quantitative estimate of drug-likeness (QED) is 0.568. The molecule has 0 radical (unpaired) electrons. The lowest BCUT2D eigenvalue weighted by Crippen LogP contribution is -2.36. The van der Waals surface area contributed by atoms with Crippen LogP contribution in [0, 0.1) is 11.6 Å². The minimum atomic E-state index is -1.17. The number of halogens is 2. The van der Waals surface area contributed by atoms with Crippen molar-refractivity contribution in [3.05, 3.63) is 45.8 Å². The summed E-state index contributed by atoms with van der Waals surface area (Å²) in [4.78, 5) is 43.2. The molecule has 3 rings (SSSR count). The average molecular weight is 366 g/mol. The third kappa shape index (κ3) is 3.38. The van der Waals surface area contributed by atoms with Gasteiger partial charge in [0.25, 0.3) is 5.56 Å². The SMILES string of the molecule is CSc1nc2c(c(=O)[nH]1)C(C(=O)Nc1cc(F)ccc1F)CC(=O)N2. The molecule has 2 amide bonds. The van der Waals surface area contributed by atoms with Gasteiger partial charge in [0.1, 0.15) is 17.5 Å². The zero-order valence-corrected chi connectivity index (χ0v) is 13.7. The Kier molecular flexibility index (Phi) is 4.53. The van der Waals surface area contributed by atoms with Gasteiger partial charge in [-0.2, -0.15) is 0 Å². The predicted molar refractivity (Wildman–Crippen MR) is 87.6 cm³/mol. The molecule has 25 heavy (non-hydrogen) atoms. The first-order valence-electron chi connectivity index (χ1n) is 7.13. The van der Waals surface area contributed by atoms with Crippen molar-refractivity contribution < 1.29 is 18.4 Å². The van der Waals surface area contributed by atoms with E-state index in [2.05, 4.69) is 20.6 Å². The monoisotopic (exact) mass is 366 g/mol. The van der Waals surface area contributed by atoms with Crippen LogP contribution in [0.4, 0.5) is 20.3 Å². The molecule has 0 spiro atoms. The van der Waals surface area contributed by atoms with E-state index < -0.39 is 34.9 Å². The molecule has 0 saturated carbocycles. The van der Waals surface area contributed by atoms with Crippen molar-refractivity contribution in [3.8, 4) is 0 Å². The molecule has 7 nitrogen and oxygen atoms in total. The first-order valence-corrected chi connectivity index (χ1v) is 8.35. The van der Waals surface area contributed by atoms with E-state index >= 15 is 0 Å². The van der Waals surface area contributed by atoms with E-state index in [1.807, 2.05) is 0 Å². The molecule has 0 saturated heterocycles. The Morgan fingerprint density at radius 2 is 2.12 bits per heavy atom. The van der Waals surface area contributed by atoms with Gasteiger partial charge in [0.05, 0.1) is 17.2 Å². The van der Waals surface area contributed by atoms with Crippen LogP contribution in [0.2, 0.25) is 0 Å². The molecule has 3 N–H and O–H groups in total. The molecule has 1 aromatic carbocycles. The van der Waals surface area contributed by atoms with E-state index in [1.54, 1.807) is 6.26 Å². The fraction of sp³-hybridized carbons (Fsp3) is 0.200. The van der Waals surface area contributed by atoms with Gasteiger partial charge < -0.3 is 15.6 Å². The van der Waals surface area contributed by atoms with Crippen LogP contribution in [0.25, 0.3) is 0 Å². The number of fused-ring (bicyclic) bond motifs is 1. The Bertz CT molecular complexity index is 931. The van der Waals surface area contributed by atoms with Crippen molar-refractivity contribution in [1.29, 1.82) is 0 Å². The van der Waals surface area contributed by atoms with Gasteiger partial charge in [-0.05, 0) is 18.4 Å². The highest BCUT2D eigenvalue weighted by Gasteiger charge is 2.35. The van der Waals surface area contributed by atoms with Crippen LogP contribution >= 0.6 is 11.8 Å². The molecular weight excluding hydrogens is 354 g/mol. The minimum absolute atomic E-state index is 0.00999. The van der Waals surface area contributed by atoms with Crippen LogP contribution in [0.3, 0.4) is 0 Å². The summed E-state index contributed by atoms with van der Waals surface area (Å²) in [6.45, 7) is 0. The number of amides is 2. The summed E-state index contributed by atoms with van der Waals surface area (Å²) >= 11 is 1.16. The number of benzene rings is 1. The number of aromatic nitrogens is 2. The Labute approximate surface area is 144 Å².